The van der Waals surface area contributed by atoms with Crippen molar-refractivity contribution < 1.29 is 9.59 Å². The van der Waals surface area contributed by atoms with E-state index in [0.717, 1.165) is 30.3 Å². The van der Waals surface area contributed by atoms with Gasteiger partial charge in [0, 0.05) is 37.9 Å². The molecule has 1 saturated heterocycles. The van der Waals surface area contributed by atoms with Gasteiger partial charge >= 0.3 is 0 Å². The topological polar surface area (TPSA) is 91.6 Å². The SMILES string of the molecule is Cc1ccc(N2CCN(C(=O)c3snc(C(=O)NC(C)C)c3N)CC2)cc1. The van der Waals surface area contributed by atoms with Crippen LogP contribution in [0.25, 0.3) is 0 Å². The highest BCUT2D eigenvalue weighted by Gasteiger charge is 2.28. The Hall–Kier alpha value is -2.61. The van der Waals surface area contributed by atoms with Crippen molar-refractivity contribution in [3.05, 3.63) is 40.4 Å². The van der Waals surface area contributed by atoms with Crippen LogP contribution in [0, 0.1) is 6.92 Å². The molecule has 2 aromatic rings. The van der Waals surface area contributed by atoms with E-state index in [0.29, 0.717) is 18.0 Å². The lowest BCUT2D eigenvalue weighted by Gasteiger charge is -2.36. The van der Waals surface area contributed by atoms with E-state index in [1.807, 2.05) is 13.8 Å². The fourth-order valence-corrected chi connectivity index (χ4v) is 3.78. The molecule has 144 valence electrons. The lowest BCUT2D eigenvalue weighted by molar-refractivity contribution is 0.0752. The molecule has 0 unspecified atom stereocenters. The number of nitrogen functional groups attached to an aromatic ring is 1. The zero-order valence-corrected chi connectivity index (χ0v) is 16.7. The van der Waals surface area contributed by atoms with Crippen LogP contribution in [0.3, 0.4) is 0 Å². The summed E-state index contributed by atoms with van der Waals surface area (Å²) in [6, 6.07) is 8.37. The third kappa shape index (κ3) is 4.21. The van der Waals surface area contributed by atoms with Crippen LogP contribution in [-0.2, 0) is 0 Å². The van der Waals surface area contributed by atoms with Crippen molar-refractivity contribution in [2.75, 3.05) is 36.8 Å². The standard InChI is InChI=1S/C19H25N5O2S/c1-12(2)21-18(25)16-15(20)17(27-22-16)19(26)24-10-8-23(9-11-24)14-6-4-13(3)5-7-14/h4-7,12H,8-11,20H2,1-3H3,(H,21,25). The van der Waals surface area contributed by atoms with Crippen LogP contribution in [0.1, 0.15) is 39.6 Å². The van der Waals surface area contributed by atoms with Crippen molar-refractivity contribution >= 4 is 34.7 Å². The molecule has 3 rings (SSSR count). The van der Waals surface area contributed by atoms with E-state index in [2.05, 4.69) is 45.8 Å². The number of aryl methyl sites for hydroxylation is 1. The molecular weight excluding hydrogens is 362 g/mol. The molecule has 1 aliphatic heterocycles. The van der Waals surface area contributed by atoms with Gasteiger partial charge in [-0.1, -0.05) is 17.7 Å². The first-order valence-corrected chi connectivity index (χ1v) is 9.81. The molecule has 8 heteroatoms. The number of amides is 2. The van der Waals surface area contributed by atoms with Crippen LogP contribution in [0.2, 0.25) is 0 Å². The number of rotatable bonds is 4. The molecule has 0 bridgehead atoms. The Morgan fingerprint density at radius 3 is 2.37 bits per heavy atom. The minimum Gasteiger partial charge on any atom is -0.395 e. The Morgan fingerprint density at radius 2 is 1.78 bits per heavy atom. The number of piperazine rings is 1. The normalized spacial score (nSPS) is 14.5. The highest BCUT2D eigenvalue weighted by Crippen LogP contribution is 2.25. The number of hydrogen-bond acceptors (Lipinski definition) is 6. The second-order valence-corrected chi connectivity index (χ2v) is 7.79. The summed E-state index contributed by atoms with van der Waals surface area (Å²) in [6.07, 6.45) is 0. The van der Waals surface area contributed by atoms with Gasteiger partial charge < -0.3 is 20.9 Å². The molecule has 0 saturated carbocycles. The summed E-state index contributed by atoms with van der Waals surface area (Å²) in [7, 11) is 0. The zero-order chi connectivity index (χ0) is 19.6. The van der Waals surface area contributed by atoms with Crippen molar-refractivity contribution in [1.29, 1.82) is 0 Å². The number of nitrogens with one attached hydrogen (secondary N) is 1. The van der Waals surface area contributed by atoms with Gasteiger partial charge in [0.2, 0.25) is 0 Å². The number of anilines is 2. The molecule has 1 aliphatic rings. The molecule has 0 radical (unpaired) electrons. The van der Waals surface area contributed by atoms with Gasteiger partial charge in [0.05, 0.1) is 5.69 Å². The molecule has 1 fully saturated rings. The predicted octanol–water partition coefficient (Wildman–Crippen LogP) is 2.13. The average Bonchev–Trinajstić information content (AvgIpc) is 3.03. The Bertz CT molecular complexity index is 823. The van der Waals surface area contributed by atoms with Gasteiger partial charge in [0.25, 0.3) is 11.8 Å². The number of nitrogens with zero attached hydrogens (tertiary/aromatic N) is 3. The van der Waals surface area contributed by atoms with Crippen molar-refractivity contribution in [3.63, 3.8) is 0 Å². The minimum atomic E-state index is -0.345. The minimum absolute atomic E-state index is 0.0207. The molecule has 1 aromatic heterocycles. The third-order valence-corrected chi connectivity index (χ3v) is 5.37. The molecule has 2 amide bonds. The summed E-state index contributed by atoms with van der Waals surface area (Å²) in [5, 5.41) is 2.75. The molecule has 7 nitrogen and oxygen atoms in total. The van der Waals surface area contributed by atoms with Gasteiger partial charge in [-0.15, -0.1) is 0 Å². The summed E-state index contributed by atoms with van der Waals surface area (Å²) in [4.78, 5) is 29.3. The summed E-state index contributed by atoms with van der Waals surface area (Å²) in [5.41, 5.74) is 8.75. The molecule has 27 heavy (non-hydrogen) atoms. The first kappa shape index (κ1) is 19.2. The van der Waals surface area contributed by atoms with Gasteiger partial charge in [0.1, 0.15) is 4.88 Å². The Kier molecular flexibility index (Phi) is 5.65. The van der Waals surface area contributed by atoms with E-state index in [1.54, 1.807) is 4.90 Å². The van der Waals surface area contributed by atoms with Crippen LogP contribution in [0.5, 0.6) is 0 Å². The summed E-state index contributed by atoms with van der Waals surface area (Å²) < 4.78 is 4.10. The lowest BCUT2D eigenvalue weighted by atomic mass is 10.2. The van der Waals surface area contributed by atoms with E-state index in [4.69, 9.17) is 5.73 Å². The summed E-state index contributed by atoms with van der Waals surface area (Å²) in [6.45, 7) is 8.52. The van der Waals surface area contributed by atoms with Crippen molar-refractivity contribution in [1.82, 2.24) is 14.6 Å². The molecule has 3 N–H and O–H groups in total. The Morgan fingerprint density at radius 1 is 1.15 bits per heavy atom. The monoisotopic (exact) mass is 387 g/mol. The number of carbonyl (C=O) groups is 2. The highest BCUT2D eigenvalue weighted by atomic mass is 32.1. The number of aromatic nitrogens is 1. The van der Waals surface area contributed by atoms with Gasteiger partial charge in [-0.2, -0.15) is 4.37 Å². The zero-order valence-electron chi connectivity index (χ0n) is 15.9. The molecule has 2 heterocycles. The first-order valence-electron chi connectivity index (χ1n) is 9.03. The van der Waals surface area contributed by atoms with E-state index in [9.17, 15) is 9.59 Å². The molecule has 1 aromatic carbocycles. The first-order chi connectivity index (χ1) is 12.9. The number of carbonyl (C=O) groups excluding carboxylic acids is 2. The Labute approximate surface area is 163 Å². The van der Waals surface area contributed by atoms with E-state index in [-0.39, 0.29) is 29.2 Å². The van der Waals surface area contributed by atoms with Gasteiger partial charge in [-0.25, -0.2) is 0 Å². The number of hydrogen-bond donors (Lipinski definition) is 2. The Balaban J connectivity index is 1.65. The fraction of sp³-hybridized carbons (Fsp3) is 0.421. The van der Waals surface area contributed by atoms with E-state index < -0.39 is 0 Å². The van der Waals surface area contributed by atoms with Gasteiger partial charge in [-0.3, -0.25) is 9.59 Å². The third-order valence-electron chi connectivity index (χ3n) is 4.52. The second-order valence-electron chi connectivity index (χ2n) is 7.02. The van der Waals surface area contributed by atoms with Crippen molar-refractivity contribution in [3.8, 4) is 0 Å². The molecule has 0 spiro atoms. The second kappa shape index (κ2) is 7.96. The average molecular weight is 388 g/mol. The quantitative estimate of drug-likeness (QED) is 0.839. The van der Waals surface area contributed by atoms with Crippen molar-refractivity contribution in [2.24, 2.45) is 0 Å². The highest BCUT2D eigenvalue weighted by molar-refractivity contribution is 7.09. The lowest BCUT2D eigenvalue weighted by Crippen LogP contribution is -2.48. The van der Waals surface area contributed by atoms with Crippen molar-refractivity contribution in [2.45, 2.75) is 26.8 Å². The van der Waals surface area contributed by atoms with E-state index in [1.165, 1.54) is 5.56 Å². The van der Waals surface area contributed by atoms with Crippen LogP contribution >= 0.6 is 11.5 Å². The van der Waals surface area contributed by atoms with Gasteiger partial charge in [-0.05, 0) is 44.4 Å². The predicted molar refractivity (Wildman–Crippen MR) is 108 cm³/mol. The van der Waals surface area contributed by atoms with Crippen LogP contribution in [0.4, 0.5) is 11.4 Å². The number of benzene rings is 1. The summed E-state index contributed by atoms with van der Waals surface area (Å²) in [5.74, 6) is -0.501. The van der Waals surface area contributed by atoms with Gasteiger partial charge in [0.15, 0.2) is 5.69 Å². The molecule has 0 aliphatic carbocycles. The fourth-order valence-electron chi connectivity index (χ4n) is 3.01. The summed E-state index contributed by atoms with van der Waals surface area (Å²) >= 11 is 0.991. The van der Waals surface area contributed by atoms with E-state index >= 15 is 0 Å². The largest absolute Gasteiger partial charge is 0.395 e. The molecule has 0 atom stereocenters. The van der Waals surface area contributed by atoms with Crippen LogP contribution in [0.15, 0.2) is 24.3 Å². The van der Waals surface area contributed by atoms with Crippen LogP contribution < -0.4 is 16.0 Å². The maximum Gasteiger partial charge on any atom is 0.273 e. The smallest absolute Gasteiger partial charge is 0.273 e. The molecular formula is C19H25N5O2S. The maximum atomic E-state index is 12.8. The maximum absolute atomic E-state index is 12.8. The number of nitrogens with two attached hydrogens (primary N) is 1. The van der Waals surface area contributed by atoms with Crippen LogP contribution in [-0.4, -0.2) is 53.3 Å².